The molecule has 0 aromatic rings. The van der Waals surface area contributed by atoms with Crippen molar-refractivity contribution >= 4 is 5.91 Å². The van der Waals surface area contributed by atoms with E-state index in [2.05, 4.69) is 17.6 Å². The molecule has 0 bridgehead atoms. The summed E-state index contributed by atoms with van der Waals surface area (Å²) in [5.74, 6) is 1.82. The molecule has 1 saturated carbocycles. The van der Waals surface area contributed by atoms with Gasteiger partial charge in [-0.25, -0.2) is 0 Å². The van der Waals surface area contributed by atoms with Crippen LogP contribution < -0.4 is 10.6 Å². The molecular formula is C13H24N2O. The first-order valence-electron chi connectivity index (χ1n) is 6.76. The maximum atomic E-state index is 11.9. The summed E-state index contributed by atoms with van der Waals surface area (Å²) in [5.41, 5.74) is 0. The number of carbonyl (C=O) groups excluding carboxylic acids is 1. The van der Waals surface area contributed by atoms with Crippen LogP contribution in [0.2, 0.25) is 0 Å². The molecule has 0 aromatic heterocycles. The number of rotatable bonds is 4. The predicted molar refractivity (Wildman–Crippen MR) is 65.1 cm³/mol. The summed E-state index contributed by atoms with van der Waals surface area (Å²) in [6, 6.07) is 0. The highest BCUT2D eigenvalue weighted by molar-refractivity contribution is 5.79. The molecule has 1 heterocycles. The van der Waals surface area contributed by atoms with Crippen LogP contribution in [0, 0.1) is 17.8 Å². The quantitative estimate of drug-likeness (QED) is 0.760. The van der Waals surface area contributed by atoms with E-state index in [1.54, 1.807) is 0 Å². The summed E-state index contributed by atoms with van der Waals surface area (Å²) in [5, 5.41) is 6.38. The van der Waals surface area contributed by atoms with E-state index in [9.17, 15) is 4.79 Å². The van der Waals surface area contributed by atoms with E-state index in [1.807, 2.05) is 0 Å². The molecule has 0 unspecified atom stereocenters. The molecule has 2 fully saturated rings. The molecular weight excluding hydrogens is 200 g/mol. The van der Waals surface area contributed by atoms with Crippen molar-refractivity contribution in [2.45, 2.75) is 39.0 Å². The minimum Gasteiger partial charge on any atom is -0.356 e. The Balaban J connectivity index is 1.63. The Morgan fingerprint density at radius 1 is 1.31 bits per heavy atom. The SMILES string of the molecule is C[C@@H]1CNC[C@H]1C(=O)NCCC1CCCC1. The highest BCUT2D eigenvalue weighted by Gasteiger charge is 2.29. The minimum atomic E-state index is 0.198. The Morgan fingerprint density at radius 3 is 2.69 bits per heavy atom. The van der Waals surface area contributed by atoms with Crippen molar-refractivity contribution in [2.75, 3.05) is 19.6 Å². The molecule has 1 saturated heterocycles. The second kappa shape index (κ2) is 5.67. The molecule has 0 aromatic carbocycles. The monoisotopic (exact) mass is 224 g/mol. The zero-order valence-electron chi connectivity index (χ0n) is 10.3. The summed E-state index contributed by atoms with van der Waals surface area (Å²) in [6.45, 7) is 4.88. The number of amides is 1. The third kappa shape index (κ3) is 2.97. The highest BCUT2D eigenvalue weighted by atomic mass is 16.1. The number of hydrogen-bond donors (Lipinski definition) is 2. The summed E-state index contributed by atoms with van der Waals surface area (Å²) in [4.78, 5) is 11.9. The van der Waals surface area contributed by atoms with Crippen molar-refractivity contribution in [1.29, 1.82) is 0 Å². The van der Waals surface area contributed by atoms with E-state index < -0.39 is 0 Å². The second-order valence-corrected chi connectivity index (χ2v) is 5.47. The maximum Gasteiger partial charge on any atom is 0.224 e. The maximum absolute atomic E-state index is 11.9. The predicted octanol–water partition coefficient (Wildman–Crippen LogP) is 1.54. The number of nitrogens with one attached hydrogen (secondary N) is 2. The lowest BCUT2D eigenvalue weighted by Crippen LogP contribution is -2.35. The van der Waals surface area contributed by atoms with Gasteiger partial charge in [0.25, 0.3) is 0 Å². The van der Waals surface area contributed by atoms with Crippen LogP contribution in [0.4, 0.5) is 0 Å². The molecule has 1 amide bonds. The van der Waals surface area contributed by atoms with Crippen molar-refractivity contribution in [1.82, 2.24) is 10.6 Å². The summed E-state index contributed by atoms with van der Waals surface area (Å²) >= 11 is 0. The van der Waals surface area contributed by atoms with E-state index in [-0.39, 0.29) is 11.8 Å². The molecule has 2 atom stereocenters. The summed E-state index contributed by atoms with van der Waals surface area (Å²) in [6.07, 6.45) is 6.71. The van der Waals surface area contributed by atoms with Crippen LogP contribution in [0.25, 0.3) is 0 Å². The molecule has 1 aliphatic carbocycles. The normalized spacial score (nSPS) is 30.8. The summed E-state index contributed by atoms with van der Waals surface area (Å²) in [7, 11) is 0. The Bertz CT molecular complexity index is 236. The third-order valence-corrected chi connectivity index (χ3v) is 4.18. The van der Waals surface area contributed by atoms with Gasteiger partial charge in [0, 0.05) is 13.1 Å². The fourth-order valence-corrected chi connectivity index (χ4v) is 2.99. The molecule has 2 N–H and O–H groups in total. The number of carbonyl (C=O) groups is 1. The average molecular weight is 224 g/mol. The summed E-state index contributed by atoms with van der Waals surface area (Å²) < 4.78 is 0. The molecule has 2 aliphatic rings. The minimum absolute atomic E-state index is 0.198. The average Bonchev–Trinajstić information content (AvgIpc) is 2.88. The van der Waals surface area contributed by atoms with Crippen molar-refractivity contribution < 1.29 is 4.79 Å². The van der Waals surface area contributed by atoms with Crippen molar-refractivity contribution in [2.24, 2.45) is 17.8 Å². The van der Waals surface area contributed by atoms with Gasteiger partial charge in [-0.1, -0.05) is 32.6 Å². The zero-order valence-corrected chi connectivity index (χ0v) is 10.3. The molecule has 3 nitrogen and oxygen atoms in total. The van der Waals surface area contributed by atoms with Gasteiger partial charge >= 0.3 is 0 Å². The molecule has 1 aliphatic heterocycles. The van der Waals surface area contributed by atoms with Crippen LogP contribution in [-0.2, 0) is 4.79 Å². The van der Waals surface area contributed by atoms with E-state index in [0.717, 1.165) is 25.6 Å². The lowest BCUT2D eigenvalue weighted by Gasteiger charge is -2.15. The van der Waals surface area contributed by atoms with E-state index in [4.69, 9.17) is 0 Å². The van der Waals surface area contributed by atoms with Gasteiger partial charge in [-0.15, -0.1) is 0 Å². The zero-order chi connectivity index (χ0) is 11.4. The van der Waals surface area contributed by atoms with Gasteiger partial charge in [-0.3, -0.25) is 4.79 Å². The topological polar surface area (TPSA) is 41.1 Å². The van der Waals surface area contributed by atoms with Gasteiger partial charge in [0.15, 0.2) is 0 Å². The largest absolute Gasteiger partial charge is 0.356 e. The van der Waals surface area contributed by atoms with Gasteiger partial charge in [-0.2, -0.15) is 0 Å². The van der Waals surface area contributed by atoms with Crippen molar-refractivity contribution in [3.63, 3.8) is 0 Å². The fraction of sp³-hybridized carbons (Fsp3) is 0.923. The van der Waals surface area contributed by atoms with Gasteiger partial charge < -0.3 is 10.6 Å². The molecule has 0 spiro atoms. The Labute approximate surface area is 98.4 Å². The Hall–Kier alpha value is -0.570. The van der Waals surface area contributed by atoms with Crippen LogP contribution in [0.5, 0.6) is 0 Å². The molecule has 2 rings (SSSR count). The van der Waals surface area contributed by atoms with Crippen LogP contribution in [0.15, 0.2) is 0 Å². The first-order chi connectivity index (χ1) is 7.77. The smallest absolute Gasteiger partial charge is 0.224 e. The third-order valence-electron chi connectivity index (χ3n) is 4.18. The lowest BCUT2D eigenvalue weighted by atomic mass is 9.97. The van der Waals surface area contributed by atoms with Gasteiger partial charge in [0.05, 0.1) is 5.92 Å². The van der Waals surface area contributed by atoms with Gasteiger partial charge in [0.1, 0.15) is 0 Å². The van der Waals surface area contributed by atoms with E-state index in [0.29, 0.717) is 5.92 Å². The highest BCUT2D eigenvalue weighted by Crippen LogP contribution is 2.27. The molecule has 92 valence electrons. The first-order valence-corrected chi connectivity index (χ1v) is 6.76. The first kappa shape index (κ1) is 11.9. The van der Waals surface area contributed by atoms with Gasteiger partial charge in [-0.05, 0) is 24.8 Å². The van der Waals surface area contributed by atoms with Crippen molar-refractivity contribution in [3.05, 3.63) is 0 Å². The van der Waals surface area contributed by atoms with Crippen molar-refractivity contribution in [3.8, 4) is 0 Å². The van der Waals surface area contributed by atoms with Crippen LogP contribution in [0.3, 0.4) is 0 Å². The second-order valence-electron chi connectivity index (χ2n) is 5.47. The van der Waals surface area contributed by atoms with Crippen LogP contribution in [0.1, 0.15) is 39.0 Å². The van der Waals surface area contributed by atoms with Crippen LogP contribution >= 0.6 is 0 Å². The van der Waals surface area contributed by atoms with Crippen LogP contribution in [-0.4, -0.2) is 25.5 Å². The molecule has 16 heavy (non-hydrogen) atoms. The Kier molecular flexibility index (Phi) is 4.22. The van der Waals surface area contributed by atoms with Gasteiger partial charge in [0.2, 0.25) is 5.91 Å². The van der Waals surface area contributed by atoms with E-state index >= 15 is 0 Å². The fourth-order valence-electron chi connectivity index (χ4n) is 2.99. The molecule has 0 radical (unpaired) electrons. The van der Waals surface area contributed by atoms with E-state index in [1.165, 1.54) is 32.1 Å². The lowest BCUT2D eigenvalue weighted by molar-refractivity contribution is -0.125. The Morgan fingerprint density at radius 2 is 2.06 bits per heavy atom. The standard InChI is InChI=1S/C13H24N2O/c1-10-8-14-9-12(10)13(16)15-7-6-11-4-2-3-5-11/h10-12,14H,2-9H2,1H3,(H,15,16)/t10-,12-/m1/s1. The number of hydrogen-bond acceptors (Lipinski definition) is 2. The molecule has 3 heteroatoms.